The third-order valence-corrected chi connectivity index (χ3v) is 4.86. The molecule has 0 unspecified atom stereocenters. The number of rotatable bonds is 2. The number of benzene rings is 2. The largest absolute Gasteiger partial charge is 0.367 e. The summed E-state index contributed by atoms with van der Waals surface area (Å²) < 4.78 is 0. The number of nitrogens with zero attached hydrogens (tertiary/aromatic N) is 1. The molecule has 1 nitrogen and oxygen atoms in total. The standard InChI is InChI=1S/C17H17BrClN/c18-11-14-7-8-16(10-17(14)19)20-9-3-6-13-4-1-2-5-15(13)12-20/h1-2,4-5,7-8,10H,3,6,9,11-12H2. The Labute approximate surface area is 133 Å². The highest BCUT2D eigenvalue weighted by atomic mass is 79.9. The summed E-state index contributed by atoms with van der Waals surface area (Å²) in [6.45, 7) is 2.05. The van der Waals surface area contributed by atoms with Gasteiger partial charge in [-0.3, -0.25) is 0 Å². The average Bonchev–Trinajstić information content (AvgIpc) is 2.69. The van der Waals surface area contributed by atoms with Gasteiger partial charge in [-0.05, 0) is 41.7 Å². The molecule has 0 amide bonds. The molecule has 0 bridgehead atoms. The molecule has 1 heterocycles. The van der Waals surface area contributed by atoms with Gasteiger partial charge >= 0.3 is 0 Å². The maximum atomic E-state index is 6.33. The first kappa shape index (κ1) is 14.0. The smallest absolute Gasteiger partial charge is 0.0467 e. The van der Waals surface area contributed by atoms with Crippen molar-refractivity contribution in [1.82, 2.24) is 0 Å². The molecule has 2 aromatic rings. The first-order valence-electron chi connectivity index (χ1n) is 6.94. The van der Waals surface area contributed by atoms with Crippen molar-refractivity contribution in [3.8, 4) is 0 Å². The number of anilines is 1. The Kier molecular flexibility index (Phi) is 4.32. The number of hydrogen-bond acceptors (Lipinski definition) is 1. The zero-order valence-electron chi connectivity index (χ0n) is 11.3. The van der Waals surface area contributed by atoms with Gasteiger partial charge in [0.15, 0.2) is 0 Å². The van der Waals surface area contributed by atoms with Gasteiger partial charge in [-0.15, -0.1) is 0 Å². The highest BCUT2D eigenvalue weighted by Crippen LogP contribution is 2.28. The number of halogens is 2. The Hall–Kier alpha value is -0.990. The van der Waals surface area contributed by atoms with Crippen LogP contribution < -0.4 is 4.90 Å². The predicted octanol–water partition coefficient (Wildman–Crippen LogP) is 5.19. The zero-order chi connectivity index (χ0) is 13.9. The first-order valence-corrected chi connectivity index (χ1v) is 8.44. The lowest BCUT2D eigenvalue weighted by Crippen LogP contribution is -2.22. The Morgan fingerprint density at radius 1 is 1.10 bits per heavy atom. The van der Waals surface area contributed by atoms with E-state index < -0.39 is 0 Å². The SMILES string of the molecule is Clc1cc(N2CCCc3ccccc3C2)ccc1CBr. The van der Waals surface area contributed by atoms with Gasteiger partial charge in [0, 0.05) is 29.1 Å². The fourth-order valence-electron chi connectivity index (χ4n) is 2.76. The summed E-state index contributed by atoms with van der Waals surface area (Å²) in [7, 11) is 0. The molecule has 0 saturated carbocycles. The fraction of sp³-hybridized carbons (Fsp3) is 0.294. The van der Waals surface area contributed by atoms with Gasteiger partial charge in [-0.1, -0.05) is 57.9 Å². The Bertz CT molecular complexity index is 612. The third kappa shape index (κ3) is 2.87. The lowest BCUT2D eigenvalue weighted by atomic mass is 10.0. The zero-order valence-corrected chi connectivity index (χ0v) is 13.6. The topological polar surface area (TPSA) is 3.24 Å². The van der Waals surface area contributed by atoms with Crippen molar-refractivity contribution >= 4 is 33.2 Å². The van der Waals surface area contributed by atoms with Crippen molar-refractivity contribution in [3.05, 3.63) is 64.2 Å². The molecule has 0 N–H and O–H groups in total. The lowest BCUT2D eigenvalue weighted by Gasteiger charge is -2.24. The van der Waals surface area contributed by atoms with Gasteiger partial charge < -0.3 is 4.90 Å². The Morgan fingerprint density at radius 3 is 2.65 bits per heavy atom. The average molecular weight is 351 g/mol. The first-order chi connectivity index (χ1) is 9.78. The molecule has 0 aromatic heterocycles. The molecular formula is C17H17BrClN. The van der Waals surface area contributed by atoms with Crippen molar-refractivity contribution in [2.45, 2.75) is 24.7 Å². The lowest BCUT2D eigenvalue weighted by molar-refractivity contribution is 0.766. The van der Waals surface area contributed by atoms with E-state index in [-0.39, 0.29) is 0 Å². The van der Waals surface area contributed by atoms with Crippen LogP contribution >= 0.6 is 27.5 Å². The molecule has 104 valence electrons. The maximum Gasteiger partial charge on any atom is 0.0467 e. The maximum absolute atomic E-state index is 6.33. The van der Waals surface area contributed by atoms with E-state index in [1.807, 2.05) is 0 Å². The van der Waals surface area contributed by atoms with Gasteiger partial charge in [0.05, 0.1) is 0 Å². The van der Waals surface area contributed by atoms with Crippen LogP contribution in [0.25, 0.3) is 0 Å². The monoisotopic (exact) mass is 349 g/mol. The highest BCUT2D eigenvalue weighted by Gasteiger charge is 2.15. The van der Waals surface area contributed by atoms with Crippen molar-refractivity contribution in [2.75, 3.05) is 11.4 Å². The van der Waals surface area contributed by atoms with Gasteiger partial charge in [0.1, 0.15) is 0 Å². The third-order valence-electron chi connectivity index (χ3n) is 3.90. The van der Waals surface area contributed by atoms with Gasteiger partial charge in [0.2, 0.25) is 0 Å². The predicted molar refractivity (Wildman–Crippen MR) is 89.9 cm³/mol. The highest BCUT2D eigenvalue weighted by molar-refractivity contribution is 9.08. The summed E-state index contributed by atoms with van der Waals surface area (Å²) in [4.78, 5) is 2.43. The second kappa shape index (κ2) is 6.19. The summed E-state index contributed by atoms with van der Waals surface area (Å²) in [5, 5.41) is 1.64. The van der Waals surface area contributed by atoms with E-state index in [1.165, 1.54) is 29.7 Å². The fourth-order valence-corrected chi connectivity index (χ4v) is 3.65. The second-order valence-corrected chi connectivity index (χ2v) is 6.17. The normalized spacial score (nSPS) is 14.8. The molecule has 3 rings (SSSR count). The molecular weight excluding hydrogens is 334 g/mol. The van der Waals surface area contributed by atoms with E-state index in [9.17, 15) is 0 Å². The molecule has 0 fully saturated rings. The van der Waals surface area contributed by atoms with E-state index in [1.54, 1.807) is 0 Å². The Balaban J connectivity index is 1.89. The Morgan fingerprint density at radius 2 is 1.90 bits per heavy atom. The quantitative estimate of drug-likeness (QED) is 0.674. The van der Waals surface area contributed by atoms with E-state index in [0.29, 0.717) is 0 Å². The molecule has 0 aliphatic carbocycles. The number of hydrogen-bond donors (Lipinski definition) is 0. The van der Waals surface area contributed by atoms with Crippen LogP contribution in [0.1, 0.15) is 23.1 Å². The summed E-state index contributed by atoms with van der Waals surface area (Å²) in [5.41, 5.74) is 5.28. The number of alkyl halides is 1. The minimum absolute atomic E-state index is 0.801. The molecule has 1 aliphatic rings. The molecule has 3 heteroatoms. The van der Waals surface area contributed by atoms with Crippen LogP contribution in [0.2, 0.25) is 5.02 Å². The van der Waals surface area contributed by atoms with Crippen LogP contribution in [0, 0.1) is 0 Å². The minimum Gasteiger partial charge on any atom is -0.367 e. The van der Waals surface area contributed by atoms with E-state index in [0.717, 1.165) is 29.0 Å². The second-order valence-electron chi connectivity index (χ2n) is 5.20. The van der Waals surface area contributed by atoms with Crippen molar-refractivity contribution in [1.29, 1.82) is 0 Å². The van der Waals surface area contributed by atoms with Crippen LogP contribution in [-0.4, -0.2) is 6.54 Å². The van der Waals surface area contributed by atoms with Crippen LogP contribution in [0.3, 0.4) is 0 Å². The van der Waals surface area contributed by atoms with Gasteiger partial charge in [0.25, 0.3) is 0 Å². The molecule has 0 radical (unpaired) electrons. The molecule has 0 spiro atoms. The summed E-state index contributed by atoms with van der Waals surface area (Å²) in [5.74, 6) is 0. The summed E-state index contributed by atoms with van der Waals surface area (Å²) >= 11 is 9.80. The van der Waals surface area contributed by atoms with Crippen LogP contribution in [-0.2, 0) is 18.3 Å². The van der Waals surface area contributed by atoms with Crippen molar-refractivity contribution < 1.29 is 0 Å². The molecule has 1 aliphatic heterocycles. The molecule has 0 atom stereocenters. The van der Waals surface area contributed by atoms with Gasteiger partial charge in [-0.2, -0.15) is 0 Å². The van der Waals surface area contributed by atoms with Crippen LogP contribution in [0.4, 0.5) is 5.69 Å². The van der Waals surface area contributed by atoms with E-state index in [2.05, 4.69) is 63.3 Å². The van der Waals surface area contributed by atoms with Crippen molar-refractivity contribution in [3.63, 3.8) is 0 Å². The summed E-state index contributed by atoms with van der Waals surface area (Å²) in [6.07, 6.45) is 2.36. The minimum atomic E-state index is 0.801. The van der Waals surface area contributed by atoms with Crippen molar-refractivity contribution in [2.24, 2.45) is 0 Å². The van der Waals surface area contributed by atoms with E-state index in [4.69, 9.17) is 11.6 Å². The van der Waals surface area contributed by atoms with Crippen LogP contribution in [0.15, 0.2) is 42.5 Å². The number of fused-ring (bicyclic) bond motifs is 1. The van der Waals surface area contributed by atoms with Crippen LogP contribution in [0.5, 0.6) is 0 Å². The molecule has 2 aromatic carbocycles. The molecule has 20 heavy (non-hydrogen) atoms. The van der Waals surface area contributed by atoms with E-state index >= 15 is 0 Å². The molecule has 0 saturated heterocycles. The summed E-state index contributed by atoms with van der Waals surface area (Å²) in [6, 6.07) is 15.1. The van der Waals surface area contributed by atoms with Gasteiger partial charge in [-0.25, -0.2) is 0 Å². The number of aryl methyl sites for hydroxylation is 1.